The molecule has 0 spiro atoms. The summed E-state index contributed by atoms with van der Waals surface area (Å²) in [5.41, 5.74) is 5.65. The third kappa shape index (κ3) is 3.50. The van der Waals surface area contributed by atoms with Crippen molar-refractivity contribution in [3.8, 4) is 0 Å². The molecule has 4 nitrogen and oxygen atoms in total. The number of anilines is 1. The first-order chi connectivity index (χ1) is 10.4. The van der Waals surface area contributed by atoms with Crippen molar-refractivity contribution in [3.05, 3.63) is 30.2 Å². The van der Waals surface area contributed by atoms with E-state index < -0.39 is 11.9 Å². The molecule has 1 aliphatic rings. The van der Waals surface area contributed by atoms with E-state index in [1.165, 1.54) is 12.4 Å². The lowest BCUT2D eigenvalue weighted by atomic mass is 9.96. The predicted molar refractivity (Wildman–Crippen MR) is 85.8 cm³/mol. The Morgan fingerprint density at radius 1 is 1.26 bits per heavy atom. The van der Waals surface area contributed by atoms with Gasteiger partial charge < -0.3 is 10.6 Å². The summed E-state index contributed by atoms with van der Waals surface area (Å²) in [6, 6.07) is 3.30. The Labute approximate surface area is 138 Å². The number of rotatable bonds is 1. The van der Waals surface area contributed by atoms with Crippen LogP contribution in [0.15, 0.2) is 24.5 Å². The van der Waals surface area contributed by atoms with Gasteiger partial charge in [-0.25, -0.2) is 4.98 Å². The number of nitrogens with zero attached hydrogens (tertiary/aromatic N) is 3. The minimum atomic E-state index is -4.52. The van der Waals surface area contributed by atoms with Crippen LogP contribution in [-0.4, -0.2) is 29.1 Å². The lowest BCUT2D eigenvalue weighted by molar-refractivity contribution is -0.139. The van der Waals surface area contributed by atoms with Gasteiger partial charge >= 0.3 is 6.18 Å². The number of aromatic nitrogens is 2. The largest absolute Gasteiger partial charge is 0.435 e. The maximum atomic E-state index is 13.1. The summed E-state index contributed by atoms with van der Waals surface area (Å²) in [6.07, 6.45) is -0.956. The Bertz CT molecular complexity index is 682. The van der Waals surface area contributed by atoms with Crippen LogP contribution in [0.1, 0.15) is 19.0 Å². The average molecular weight is 347 g/mol. The van der Waals surface area contributed by atoms with E-state index in [0.717, 1.165) is 13.0 Å². The second-order valence-electron chi connectivity index (χ2n) is 5.90. The van der Waals surface area contributed by atoms with Crippen molar-refractivity contribution in [3.63, 3.8) is 0 Å². The smallest absolute Gasteiger partial charge is 0.368 e. The van der Waals surface area contributed by atoms with Gasteiger partial charge in [-0.05, 0) is 24.5 Å². The summed E-state index contributed by atoms with van der Waals surface area (Å²) in [6.45, 7) is 3.45. The first kappa shape index (κ1) is 17.7. The minimum Gasteiger partial charge on any atom is -0.368 e. The topological polar surface area (TPSA) is 55.0 Å². The summed E-state index contributed by atoms with van der Waals surface area (Å²) >= 11 is 0. The number of pyridine rings is 2. The number of piperidine rings is 1. The van der Waals surface area contributed by atoms with Crippen molar-refractivity contribution in [2.24, 2.45) is 11.7 Å². The fraction of sp³-hybridized carbons (Fsp3) is 0.467. The van der Waals surface area contributed by atoms with E-state index in [4.69, 9.17) is 5.73 Å². The lowest BCUT2D eigenvalue weighted by Crippen LogP contribution is -2.46. The van der Waals surface area contributed by atoms with Gasteiger partial charge in [0.2, 0.25) is 0 Å². The zero-order valence-corrected chi connectivity index (χ0v) is 13.4. The van der Waals surface area contributed by atoms with Gasteiger partial charge in [-0.1, -0.05) is 6.92 Å². The highest BCUT2D eigenvalue weighted by atomic mass is 35.5. The quantitative estimate of drug-likeness (QED) is 0.861. The summed E-state index contributed by atoms with van der Waals surface area (Å²) in [7, 11) is 0. The fourth-order valence-electron chi connectivity index (χ4n) is 3.11. The number of fused-ring (bicyclic) bond motifs is 1. The van der Waals surface area contributed by atoms with E-state index in [1.807, 2.05) is 4.90 Å². The molecule has 2 N–H and O–H groups in total. The van der Waals surface area contributed by atoms with Gasteiger partial charge in [0.1, 0.15) is 5.52 Å². The number of nitrogens with two attached hydrogens (primary N) is 1. The van der Waals surface area contributed by atoms with Crippen LogP contribution in [0.3, 0.4) is 0 Å². The molecule has 23 heavy (non-hydrogen) atoms. The van der Waals surface area contributed by atoms with Crippen molar-refractivity contribution >= 4 is 29.0 Å². The van der Waals surface area contributed by atoms with Crippen LogP contribution in [0.25, 0.3) is 10.9 Å². The van der Waals surface area contributed by atoms with E-state index in [1.54, 1.807) is 12.1 Å². The Balaban J connectivity index is 0.00000192. The fourth-order valence-corrected chi connectivity index (χ4v) is 3.11. The van der Waals surface area contributed by atoms with Crippen LogP contribution in [0.4, 0.5) is 18.9 Å². The Kier molecular flexibility index (Phi) is 5.01. The SMILES string of the molecule is C[C@@H]1C[C@H](N)CN(c2cnc(C(F)(F)F)c3ncccc23)C1.Cl. The lowest BCUT2D eigenvalue weighted by Gasteiger charge is -2.36. The normalized spacial score (nSPS) is 22.0. The van der Waals surface area contributed by atoms with Crippen molar-refractivity contribution in [2.75, 3.05) is 18.0 Å². The van der Waals surface area contributed by atoms with Crippen LogP contribution in [0, 0.1) is 5.92 Å². The highest BCUT2D eigenvalue weighted by Gasteiger charge is 2.36. The molecule has 0 bridgehead atoms. The molecule has 0 amide bonds. The standard InChI is InChI=1S/C15H17F3N4.ClH/c1-9-5-10(19)8-22(7-9)12-6-21-14(15(16,17)18)13-11(12)3-2-4-20-13;/h2-4,6,9-10H,5,7-8,19H2,1H3;1H/t9-,10+;/m1./s1. The molecule has 0 unspecified atom stereocenters. The average Bonchev–Trinajstić information content (AvgIpc) is 2.44. The molecule has 126 valence electrons. The molecular weight excluding hydrogens is 329 g/mol. The van der Waals surface area contributed by atoms with Gasteiger partial charge in [0.25, 0.3) is 0 Å². The highest BCUT2D eigenvalue weighted by molar-refractivity contribution is 5.92. The second kappa shape index (κ2) is 6.49. The van der Waals surface area contributed by atoms with E-state index >= 15 is 0 Å². The van der Waals surface area contributed by atoms with Crippen LogP contribution in [-0.2, 0) is 6.18 Å². The van der Waals surface area contributed by atoms with Gasteiger partial charge in [0.05, 0.1) is 11.9 Å². The molecule has 2 aromatic heterocycles. The number of hydrogen-bond acceptors (Lipinski definition) is 4. The molecule has 8 heteroatoms. The van der Waals surface area contributed by atoms with E-state index in [9.17, 15) is 13.2 Å². The van der Waals surface area contributed by atoms with Gasteiger partial charge in [-0.2, -0.15) is 13.2 Å². The summed E-state index contributed by atoms with van der Waals surface area (Å²) in [5.74, 6) is 0.387. The zero-order valence-electron chi connectivity index (χ0n) is 12.5. The number of halogens is 4. The maximum absolute atomic E-state index is 13.1. The van der Waals surface area contributed by atoms with Crippen LogP contribution in [0.2, 0.25) is 0 Å². The minimum absolute atomic E-state index is 0. The predicted octanol–water partition coefficient (Wildman–Crippen LogP) is 3.24. The van der Waals surface area contributed by atoms with E-state index in [2.05, 4.69) is 16.9 Å². The molecule has 2 aromatic rings. The van der Waals surface area contributed by atoms with Crippen molar-refractivity contribution in [2.45, 2.75) is 25.6 Å². The van der Waals surface area contributed by atoms with Gasteiger partial charge in [-0.15, -0.1) is 12.4 Å². The first-order valence-electron chi connectivity index (χ1n) is 7.17. The van der Waals surface area contributed by atoms with Crippen LogP contribution in [0.5, 0.6) is 0 Å². The zero-order chi connectivity index (χ0) is 15.9. The number of hydrogen-bond donors (Lipinski definition) is 1. The van der Waals surface area contributed by atoms with Gasteiger partial charge in [0.15, 0.2) is 5.69 Å². The maximum Gasteiger partial charge on any atom is 0.435 e. The molecule has 0 saturated carbocycles. The van der Waals surface area contributed by atoms with Crippen molar-refractivity contribution in [1.29, 1.82) is 0 Å². The molecule has 1 aliphatic heterocycles. The third-order valence-corrected chi connectivity index (χ3v) is 3.93. The molecular formula is C15H18ClF3N4. The summed E-state index contributed by atoms with van der Waals surface area (Å²) < 4.78 is 39.2. The molecule has 0 radical (unpaired) electrons. The molecule has 0 aromatic carbocycles. The van der Waals surface area contributed by atoms with E-state index in [-0.39, 0.29) is 24.0 Å². The Morgan fingerprint density at radius 2 is 2.00 bits per heavy atom. The summed E-state index contributed by atoms with van der Waals surface area (Å²) in [5, 5.41) is 0.464. The van der Waals surface area contributed by atoms with E-state index in [0.29, 0.717) is 23.5 Å². The van der Waals surface area contributed by atoms with Crippen molar-refractivity contribution < 1.29 is 13.2 Å². The highest BCUT2D eigenvalue weighted by Crippen LogP contribution is 2.36. The van der Waals surface area contributed by atoms with Crippen LogP contribution < -0.4 is 10.6 Å². The Hall–Kier alpha value is -1.60. The second-order valence-corrected chi connectivity index (χ2v) is 5.90. The molecule has 1 saturated heterocycles. The first-order valence-corrected chi connectivity index (χ1v) is 7.17. The Morgan fingerprint density at radius 3 is 2.65 bits per heavy atom. The van der Waals surface area contributed by atoms with Crippen molar-refractivity contribution in [1.82, 2.24) is 9.97 Å². The van der Waals surface area contributed by atoms with Crippen LogP contribution >= 0.6 is 12.4 Å². The summed E-state index contributed by atoms with van der Waals surface area (Å²) in [4.78, 5) is 9.54. The van der Waals surface area contributed by atoms with Gasteiger partial charge in [0, 0.05) is 30.7 Å². The molecule has 3 heterocycles. The molecule has 1 fully saturated rings. The number of alkyl halides is 3. The monoisotopic (exact) mass is 346 g/mol. The molecule has 3 rings (SSSR count). The third-order valence-electron chi connectivity index (χ3n) is 3.93. The molecule has 0 aliphatic carbocycles. The van der Waals surface area contributed by atoms with Gasteiger partial charge in [-0.3, -0.25) is 4.98 Å². The molecule has 2 atom stereocenters.